The molecule has 0 fully saturated rings. The Morgan fingerprint density at radius 2 is 1.63 bits per heavy atom. The first-order chi connectivity index (χ1) is 18.0. The van der Waals surface area contributed by atoms with Crippen molar-refractivity contribution in [3.63, 3.8) is 0 Å². The number of amides is 1. The van der Waals surface area contributed by atoms with Crippen molar-refractivity contribution < 1.29 is 9.59 Å². The second-order valence-corrected chi connectivity index (χ2v) is 10.3. The van der Waals surface area contributed by atoms with Gasteiger partial charge in [0.2, 0.25) is 0 Å². The monoisotopic (exact) mass is 531 g/mol. The van der Waals surface area contributed by atoms with Crippen molar-refractivity contribution in [3.8, 4) is 0 Å². The van der Waals surface area contributed by atoms with Crippen LogP contribution in [-0.4, -0.2) is 31.7 Å². The lowest BCUT2D eigenvalue weighted by molar-refractivity contribution is -0.113. The van der Waals surface area contributed by atoms with E-state index in [9.17, 15) is 19.2 Å². The summed E-state index contributed by atoms with van der Waals surface area (Å²) >= 11 is 1.03. The molecule has 0 saturated carbocycles. The number of carbonyl (C=O) groups excluding carboxylic acids is 2. The average Bonchev–Trinajstić information content (AvgIpc) is 3.20. The van der Waals surface area contributed by atoms with E-state index in [-0.39, 0.29) is 28.7 Å². The predicted octanol–water partition coefficient (Wildman–Crippen LogP) is 3.46. The lowest BCUT2D eigenvalue weighted by Crippen LogP contribution is -2.42. The number of amidine groups is 1. The van der Waals surface area contributed by atoms with Crippen LogP contribution in [0.2, 0.25) is 0 Å². The maximum absolute atomic E-state index is 13.5. The molecule has 0 radical (unpaired) electrons. The molecule has 2 aromatic carbocycles. The van der Waals surface area contributed by atoms with Gasteiger partial charge in [0.15, 0.2) is 11.0 Å². The molecule has 38 heavy (non-hydrogen) atoms. The number of Topliss-reactive ketones (excluding diaryl/α,β-unsaturated/α-hetero) is 1. The number of ketones is 1. The lowest BCUT2D eigenvalue weighted by atomic mass is 10.0. The molecule has 3 aromatic rings. The van der Waals surface area contributed by atoms with Crippen LogP contribution in [0.4, 0.5) is 11.5 Å². The average molecular weight is 532 g/mol. The molecule has 10 heteroatoms. The van der Waals surface area contributed by atoms with Gasteiger partial charge in [-0.2, -0.15) is 0 Å². The Morgan fingerprint density at radius 1 is 1.00 bits per heavy atom. The Morgan fingerprint density at radius 3 is 2.24 bits per heavy atom. The smallest absolute Gasteiger partial charge is 0.332 e. The Kier molecular flexibility index (Phi) is 7.54. The summed E-state index contributed by atoms with van der Waals surface area (Å²) in [5.41, 5.74) is 8.18. The summed E-state index contributed by atoms with van der Waals surface area (Å²) in [4.78, 5) is 57.3. The molecule has 1 aliphatic rings. The second-order valence-electron chi connectivity index (χ2n) is 9.40. The molecule has 0 saturated heterocycles. The highest BCUT2D eigenvalue weighted by atomic mass is 32.2. The highest BCUT2D eigenvalue weighted by molar-refractivity contribution is 8.14. The van der Waals surface area contributed by atoms with Crippen LogP contribution < -0.4 is 21.9 Å². The molecule has 0 unspecified atom stereocenters. The number of anilines is 2. The van der Waals surface area contributed by atoms with Crippen molar-refractivity contribution in [1.29, 1.82) is 0 Å². The van der Waals surface area contributed by atoms with Gasteiger partial charge in [-0.1, -0.05) is 67.6 Å². The molecular formula is C28H29N5O4S. The van der Waals surface area contributed by atoms with Crippen LogP contribution in [-0.2, 0) is 18.9 Å². The van der Waals surface area contributed by atoms with Crippen LogP contribution in [0.3, 0.4) is 0 Å². The molecular weight excluding hydrogens is 502 g/mol. The Balaban J connectivity index is 1.68. The zero-order chi connectivity index (χ0) is 27.7. The summed E-state index contributed by atoms with van der Waals surface area (Å²) in [5, 5.41) is 0.303. The van der Waals surface area contributed by atoms with E-state index >= 15 is 0 Å². The molecule has 0 spiro atoms. The molecule has 0 bridgehead atoms. The zero-order valence-corrected chi connectivity index (χ0v) is 22.7. The number of thioether (sulfide) groups is 1. The first-order valence-corrected chi connectivity index (χ1v) is 13.0. The van der Waals surface area contributed by atoms with E-state index in [0.717, 1.165) is 32.0 Å². The van der Waals surface area contributed by atoms with Gasteiger partial charge in [-0.3, -0.25) is 28.4 Å². The maximum atomic E-state index is 13.5. The molecule has 1 aliphatic heterocycles. The highest BCUT2D eigenvalue weighted by Crippen LogP contribution is 2.30. The van der Waals surface area contributed by atoms with E-state index in [1.54, 1.807) is 6.08 Å². The predicted molar refractivity (Wildman–Crippen MR) is 153 cm³/mol. The Labute approximate surface area is 224 Å². The first kappa shape index (κ1) is 26.9. The normalized spacial score (nSPS) is 14.5. The van der Waals surface area contributed by atoms with Crippen molar-refractivity contribution in [2.24, 2.45) is 19.1 Å². The molecule has 1 aromatic heterocycles. The quantitative estimate of drug-likeness (QED) is 0.384. The number of nitrogen functional groups attached to an aromatic ring is 1. The van der Waals surface area contributed by atoms with Crippen LogP contribution in [0.5, 0.6) is 0 Å². The van der Waals surface area contributed by atoms with Gasteiger partial charge in [0, 0.05) is 14.1 Å². The van der Waals surface area contributed by atoms with Gasteiger partial charge in [0.1, 0.15) is 17.1 Å². The van der Waals surface area contributed by atoms with Crippen molar-refractivity contribution in [1.82, 2.24) is 9.13 Å². The number of aryl methyl sites for hydroxylation is 1. The van der Waals surface area contributed by atoms with E-state index in [4.69, 9.17) is 5.73 Å². The van der Waals surface area contributed by atoms with Gasteiger partial charge >= 0.3 is 5.69 Å². The van der Waals surface area contributed by atoms with E-state index in [2.05, 4.69) is 18.8 Å². The Bertz CT molecular complexity index is 1600. The Hall–Kier alpha value is -4.18. The molecule has 0 atom stereocenters. The number of benzene rings is 2. The van der Waals surface area contributed by atoms with Crippen molar-refractivity contribution in [2.45, 2.75) is 26.7 Å². The summed E-state index contributed by atoms with van der Waals surface area (Å²) in [7, 11) is 2.68. The van der Waals surface area contributed by atoms with E-state index in [1.807, 2.05) is 55.5 Å². The number of hydrogen-bond donors (Lipinski definition) is 1. The number of rotatable bonds is 6. The molecule has 2 heterocycles. The number of carbonyl (C=O) groups is 2. The summed E-state index contributed by atoms with van der Waals surface area (Å²) < 4.78 is 1.90. The highest BCUT2D eigenvalue weighted by Gasteiger charge is 2.33. The largest absolute Gasteiger partial charge is 0.384 e. The third-order valence-electron chi connectivity index (χ3n) is 6.35. The van der Waals surface area contributed by atoms with Gasteiger partial charge in [-0.05, 0) is 42.2 Å². The van der Waals surface area contributed by atoms with Gasteiger partial charge in [0.25, 0.3) is 11.5 Å². The van der Waals surface area contributed by atoms with Crippen LogP contribution >= 0.6 is 11.8 Å². The van der Waals surface area contributed by atoms with E-state index < -0.39 is 17.0 Å². The minimum atomic E-state index is -0.763. The standard InChI is InChI=1S/C28H29N5O4S/c1-16(2)19-10-8-18(9-11-19)14-21-25(35)33(20-12-6-17(3)7-13-20)27(30-21)38-15-22(34)23-24(29)31(4)28(37)32(5)26(23)36/h6-14,16H,15,29H2,1-5H3/b21-14-. The molecule has 2 N–H and O–H groups in total. The summed E-state index contributed by atoms with van der Waals surface area (Å²) in [6, 6.07) is 15.3. The van der Waals surface area contributed by atoms with Gasteiger partial charge in [-0.25, -0.2) is 9.79 Å². The number of aromatic nitrogens is 2. The van der Waals surface area contributed by atoms with E-state index in [0.29, 0.717) is 16.8 Å². The second kappa shape index (κ2) is 10.7. The maximum Gasteiger partial charge on any atom is 0.332 e. The number of aliphatic imine (C=N–C) groups is 1. The first-order valence-electron chi connectivity index (χ1n) is 12.0. The number of nitrogens with two attached hydrogens (primary N) is 1. The topological polar surface area (TPSA) is 120 Å². The minimum Gasteiger partial charge on any atom is -0.384 e. The lowest BCUT2D eigenvalue weighted by Gasteiger charge is -2.18. The van der Waals surface area contributed by atoms with Crippen molar-refractivity contribution in [3.05, 3.63) is 97.3 Å². The van der Waals surface area contributed by atoms with Crippen LogP contribution in [0.1, 0.15) is 46.8 Å². The summed E-state index contributed by atoms with van der Waals surface area (Å²) in [6.07, 6.45) is 1.71. The van der Waals surface area contributed by atoms with Gasteiger partial charge in [0.05, 0.1) is 11.4 Å². The molecule has 4 rings (SSSR count). The van der Waals surface area contributed by atoms with Crippen LogP contribution in [0, 0.1) is 6.92 Å². The number of nitrogens with zero attached hydrogens (tertiary/aromatic N) is 4. The molecule has 1 amide bonds. The van der Waals surface area contributed by atoms with Crippen molar-refractivity contribution >= 4 is 46.2 Å². The summed E-state index contributed by atoms with van der Waals surface area (Å²) in [6.45, 7) is 6.17. The third-order valence-corrected chi connectivity index (χ3v) is 7.29. The number of hydrogen-bond acceptors (Lipinski definition) is 7. The van der Waals surface area contributed by atoms with Crippen LogP contribution in [0.25, 0.3) is 6.08 Å². The fourth-order valence-corrected chi connectivity index (χ4v) is 4.86. The fourth-order valence-electron chi connectivity index (χ4n) is 3.97. The fraction of sp³-hybridized carbons (Fsp3) is 0.250. The minimum absolute atomic E-state index is 0.200. The zero-order valence-electron chi connectivity index (χ0n) is 21.9. The van der Waals surface area contributed by atoms with Gasteiger partial charge in [-0.15, -0.1) is 0 Å². The van der Waals surface area contributed by atoms with E-state index in [1.165, 1.54) is 24.6 Å². The van der Waals surface area contributed by atoms with Crippen molar-refractivity contribution in [2.75, 3.05) is 16.4 Å². The molecule has 196 valence electrons. The molecule has 9 nitrogen and oxygen atoms in total. The third kappa shape index (κ3) is 5.12. The van der Waals surface area contributed by atoms with Gasteiger partial charge < -0.3 is 5.73 Å². The van der Waals surface area contributed by atoms with Crippen LogP contribution in [0.15, 0.2) is 68.8 Å². The SMILES string of the molecule is Cc1ccc(N2C(=O)/C(=C/c3ccc(C(C)C)cc3)N=C2SCC(=O)c2c(N)n(C)c(=O)n(C)c2=O)cc1. The molecule has 0 aliphatic carbocycles. The summed E-state index contributed by atoms with van der Waals surface area (Å²) in [5.74, 6) is -0.909.